The van der Waals surface area contributed by atoms with Crippen LogP contribution >= 0.6 is 0 Å². The van der Waals surface area contributed by atoms with Gasteiger partial charge in [-0.1, -0.05) is 12.1 Å². The minimum atomic E-state index is -1.90. The predicted molar refractivity (Wildman–Crippen MR) is 79.9 cm³/mol. The highest BCUT2D eigenvalue weighted by Gasteiger charge is 2.53. The molecule has 23 heavy (non-hydrogen) atoms. The van der Waals surface area contributed by atoms with Crippen molar-refractivity contribution in [2.24, 2.45) is 5.92 Å². The number of carboxylic acid groups (broad SMARTS) is 1. The van der Waals surface area contributed by atoms with Crippen molar-refractivity contribution >= 4 is 17.9 Å². The lowest BCUT2D eigenvalue weighted by molar-refractivity contribution is -0.171. The second-order valence-corrected chi connectivity index (χ2v) is 4.99. The maximum Gasteiger partial charge on any atom is 0.321 e. The molecular weight excluding hydrogens is 304 g/mol. The van der Waals surface area contributed by atoms with Crippen LogP contribution < -0.4 is 0 Å². The number of hydrogen-bond acceptors (Lipinski definition) is 6. The highest BCUT2D eigenvalue weighted by atomic mass is 16.6. The van der Waals surface area contributed by atoms with E-state index in [4.69, 9.17) is 9.47 Å². The van der Waals surface area contributed by atoms with E-state index in [0.29, 0.717) is 0 Å². The van der Waals surface area contributed by atoms with Crippen molar-refractivity contribution in [1.82, 2.24) is 0 Å². The molecule has 1 aromatic rings. The van der Waals surface area contributed by atoms with Gasteiger partial charge in [0.15, 0.2) is 5.92 Å². The Hall–Kier alpha value is -2.57. The van der Waals surface area contributed by atoms with E-state index in [1.54, 1.807) is 13.8 Å². The fourth-order valence-corrected chi connectivity index (χ4v) is 2.24. The third-order valence-electron chi connectivity index (χ3n) is 3.53. The number of carbonyl (C=O) groups excluding carboxylic acids is 2. The Bertz CT molecular complexity index is 561. The Morgan fingerprint density at radius 1 is 1.04 bits per heavy atom. The summed E-state index contributed by atoms with van der Waals surface area (Å²) < 4.78 is 9.72. The zero-order valence-corrected chi connectivity index (χ0v) is 13.2. The molecule has 0 fully saturated rings. The minimum absolute atomic E-state index is 0.0000151. The largest absolute Gasteiger partial charge is 0.508 e. The van der Waals surface area contributed by atoms with Crippen LogP contribution in [0.2, 0.25) is 0 Å². The Balaban J connectivity index is 3.44. The first kappa shape index (κ1) is 18.5. The Morgan fingerprint density at radius 2 is 1.48 bits per heavy atom. The van der Waals surface area contributed by atoms with E-state index >= 15 is 0 Å². The van der Waals surface area contributed by atoms with Crippen molar-refractivity contribution < 1.29 is 34.1 Å². The molecule has 0 spiro atoms. The molecule has 2 N–H and O–H groups in total. The topological polar surface area (TPSA) is 110 Å². The van der Waals surface area contributed by atoms with E-state index in [2.05, 4.69) is 0 Å². The second kappa shape index (κ2) is 7.62. The number of ether oxygens (including phenoxy) is 2. The van der Waals surface area contributed by atoms with Crippen LogP contribution in [-0.4, -0.2) is 41.3 Å². The lowest BCUT2D eigenvalue weighted by atomic mass is 9.71. The van der Waals surface area contributed by atoms with Crippen molar-refractivity contribution in [2.45, 2.75) is 26.2 Å². The Labute approximate surface area is 133 Å². The molecule has 1 unspecified atom stereocenters. The minimum Gasteiger partial charge on any atom is -0.508 e. The van der Waals surface area contributed by atoms with Crippen LogP contribution in [0.5, 0.6) is 5.75 Å². The van der Waals surface area contributed by atoms with Crippen LogP contribution in [0.15, 0.2) is 24.3 Å². The van der Waals surface area contributed by atoms with E-state index in [-0.39, 0.29) is 24.5 Å². The van der Waals surface area contributed by atoms with Gasteiger partial charge in [0.05, 0.1) is 13.2 Å². The highest BCUT2D eigenvalue weighted by Crippen LogP contribution is 2.35. The Kier molecular flexibility index (Phi) is 6.12. The number of phenols is 1. The van der Waals surface area contributed by atoms with Crippen molar-refractivity contribution in [1.29, 1.82) is 0 Å². The fraction of sp³-hybridized carbons (Fsp3) is 0.438. The van der Waals surface area contributed by atoms with E-state index in [0.717, 1.165) is 0 Å². The first-order valence-corrected chi connectivity index (χ1v) is 7.15. The smallest absolute Gasteiger partial charge is 0.321 e. The van der Waals surface area contributed by atoms with Crippen LogP contribution in [0.3, 0.4) is 0 Å². The first-order chi connectivity index (χ1) is 10.8. The molecular formula is C16H20O7. The molecule has 0 saturated heterocycles. The number of carboxylic acids is 1. The van der Waals surface area contributed by atoms with Gasteiger partial charge >= 0.3 is 17.9 Å². The van der Waals surface area contributed by atoms with E-state index in [1.807, 2.05) is 0 Å². The SMILES string of the molecule is CCOC(=O)C(C(=O)OCC)C(C)(C(=O)O)c1ccc(O)cc1. The predicted octanol–water partition coefficient (Wildman–Crippen LogP) is 1.48. The average Bonchev–Trinajstić information content (AvgIpc) is 2.48. The third kappa shape index (κ3) is 3.80. The summed E-state index contributed by atoms with van der Waals surface area (Å²) in [4.78, 5) is 36.3. The third-order valence-corrected chi connectivity index (χ3v) is 3.53. The van der Waals surface area contributed by atoms with E-state index in [9.17, 15) is 24.6 Å². The molecule has 126 valence electrons. The van der Waals surface area contributed by atoms with Gasteiger partial charge in [-0.2, -0.15) is 0 Å². The van der Waals surface area contributed by atoms with Crippen LogP contribution in [0, 0.1) is 5.92 Å². The molecule has 7 nitrogen and oxygen atoms in total. The van der Waals surface area contributed by atoms with Crippen molar-refractivity contribution in [3.8, 4) is 5.75 Å². The summed E-state index contributed by atoms with van der Waals surface area (Å²) in [6.07, 6.45) is 0. The molecule has 0 saturated carbocycles. The van der Waals surface area contributed by atoms with Gasteiger partial charge < -0.3 is 19.7 Å². The molecule has 0 aliphatic heterocycles. The zero-order chi connectivity index (χ0) is 17.6. The van der Waals surface area contributed by atoms with E-state index in [1.165, 1.54) is 31.2 Å². The summed E-state index contributed by atoms with van der Waals surface area (Å²) >= 11 is 0. The standard InChI is InChI=1S/C16H20O7/c1-4-22-13(18)12(14(19)23-5-2)16(3,15(20)21)10-6-8-11(17)9-7-10/h6-9,12,17H,4-5H2,1-3H3,(H,20,21). The Morgan fingerprint density at radius 3 is 1.83 bits per heavy atom. The number of esters is 2. The van der Waals surface area contributed by atoms with Gasteiger partial charge in [0.2, 0.25) is 0 Å². The van der Waals surface area contributed by atoms with Crippen molar-refractivity contribution in [3.05, 3.63) is 29.8 Å². The molecule has 1 rings (SSSR count). The molecule has 0 amide bonds. The second-order valence-electron chi connectivity index (χ2n) is 4.99. The number of carbonyl (C=O) groups is 3. The van der Waals surface area contributed by atoms with Crippen molar-refractivity contribution in [2.75, 3.05) is 13.2 Å². The highest BCUT2D eigenvalue weighted by molar-refractivity contribution is 6.03. The molecule has 0 aliphatic rings. The van der Waals surface area contributed by atoms with Gasteiger partial charge in [0.1, 0.15) is 11.2 Å². The monoisotopic (exact) mass is 324 g/mol. The van der Waals surface area contributed by atoms with Crippen LogP contribution in [0.25, 0.3) is 0 Å². The molecule has 0 bridgehead atoms. The molecule has 1 atom stereocenters. The summed E-state index contributed by atoms with van der Waals surface area (Å²) in [5, 5.41) is 19.0. The summed E-state index contributed by atoms with van der Waals surface area (Å²) in [7, 11) is 0. The molecule has 0 aromatic heterocycles. The maximum atomic E-state index is 12.2. The average molecular weight is 324 g/mol. The van der Waals surface area contributed by atoms with Gasteiger partial charge in [-0.25, -0.2) is 0 Å². The molecule has 0 heterocycles. The summed E-state index contributed by atoms with van der Waals surface area (Å²) in [6, 6.07) is 5.25. The van der Waals surface area contributed by atoms with Gasteiger partial charge in [0.25, 0.3) is 0 Å². The number of rotatable bonds is 7. The fourth-order valence-electron chi connectivity index (χ4n) is 2.24. The normalized spacial score (nSPS) is 13.2. The lowest BCUT2D eigenvalue weighted by Crippen LogP contribution is -2.49. The number of aromatic hydroxyl groups is 1. The molecule has 0 aliphatic carbocycles. The summed E-state index contributed by atoms with van der Waals surface area (Å²) in [5.41, 5.74) is -1.72. The van der Waals surface area contributed by atoms with Crippen LogP contribution in [-0.2, 0) is 29.3 Å². The summed E-state index contributed by atoms with van der Waals surface area (Å²) in [6.45, 7) is 4.36. The van der Waals surface area contributed by atoms with Crippen LogP contribution in [0.4, 0.5) is 0 Å². The number of phenolic OH excluding ortho intramolecular Hbond substituents is 1. The van der Waals surface area contributed by atoms with Gasteiger partial charge in [-0.05, 0) is 38.5 Å². The number of benzene rings is 1. The molecule has 1 aromatic carbocycles. The maximum absolute atomic E-state index is 12.2. The van der Waals surface area contributed by atoms with Gasteiger partial charge in [-0.3, -0.25) is 14.4 Å². The quantitative estimate of drug-likeness (QED) is 0.577. The van der Waals surface area contributed by atoms with Gasteiger partial charge in [0, 0.05) is 0 Å². The van der Waals surface area contributed by atoms with E-state index < -0.39 is 29.2 Å². The van der Waals surface area contributed by atoms with Gasteiger partial charge in [-0.15, -0.1) is 0 Å². The molecule has 0 radical (unpaired) electrons. The van der Waals surface area contributed by atoms with Crippen LogP contribution in [0.1, 0.15) is 26.3 Å². The summed E-state index contributed by atoms with van der Waals surface area (Å²) in [5.74, 6) is -5.04. The van der Waals surface area contributed by atoms with Crippen molar-refractivity contribution in [3.63, 3.8) is 0 Å². The zero-order valence-electron chi connectivity index (χ0n) is 13.2. The first-order valence-electron chi connectivity index (χ1n) is 7.15. The number of hydrogen-bond donors (Lipinski definition) is 2. The number of aliphatic carboxylic acids is 1. The molecule has 7 heteroatoms. The lowest BCUT2D eigenvalue weighted by Gasteiger charge is -2.31.